The smallest absolute Gasteiger partial charge is 0.161 e. The molecule has 0 aliphatic rings. The standard InChI is InChI=1S/C17H23N3O/c1-5-15-12(4)16(18-6-2)20-17(19-15)13-8-10-14(11-9-13)21-7-3/h8-11H,5-7H2,1-4H3,(H,18,19,20). The average molecular weight is 285 g/mol. The van der Waals surface area contributed by atoms with Crippen LogP contribution in [0.1, 0.15) is 32.0 Å². The van der Waals surface area contributed by atoms with Crippen LogP contribution in [0, 0.1) is 6.92 Å². The molecule has 0 saturated heterocycles. The minimum Gasteiger partial charge on any atom is -0.494 e. The van der Waals surface area contributed by atoms with E-state index in [1.165, 1.54) is 0 Å². The van der Waals surface area contributed by atoms with Crippen molar-refractivity contribution in [3.63, 3.8) is 0 Å². The van der Waals surface area contributed by atoms with Crippen molar-refractivity contribution in [2.24, 2.45) is 0 Å². The van der Waals surface area contributed by atoms with Crippen LogP contribution in [0.5, 0.6) is 5.75 Å². The molecule has 4 heteroatoms. The molecule has 2 aromatic rings. The Morgan fingerprint density at radius 2 is 1.76 bits per heavy atom. The van der Waals surface area contributed by atoms with Crippen molar-refractivity contribution in [3.8, 4) is 17.1 Å². The summed E-state index contributed by atoms with van der Waals surface area (Å²) in [6.45, 7) is 9.76. The fraction of sp³-hybridized carbons (Fsp3) is 0.412. The summed E-state index contributed by atoms with van der Waals surface area (Å²) in [5, 5.41) is 3.32. The number of aromatic nitrogens is 2. The second-order valence-corrected chi connectivity index (χ2v) is 4.81. The molecule has 21 heavy (non-hydrogen) atoms. The highest BCUT2D eigenvalue weighted by molar-refractivity contribution is 5.60. The Bertz CT molecular complexity index is 594. The van der Waals surface area contributed by atoms with Gasteiger partial charge in [0.25, 0.3) is 0 Å². The third kappa shape index (κ3) is 3.51. The molecule has 0 amide bonds. The van der Waals surface area contributed by atoms with Gasteiger partial charge < -0.3 is 10.1 Å². The molecule has 0 bridgehead atoms. The lowest BCUT2D eigenvalue weighted by atomic mass is 10.1. The van der Waals surface area contributed by atoms with Gasteiger partial charge in [0.2, 0.25) is 0 Å². The van der Waals surface area contributed by atoms with Crippen LogP contribution in [0.25, 0.3) is 11.4 Å². The maximum Gasteiger partial charge on any atom is 0.161 e. The number of rotatable bonds is 6. The van der Waals surface area contributed by atoms with Crippen molar-refractivity contribution < 1.29 is 4.74 Å². The van der Waals surface area contributed by atoms with E-state index in [0.29, 0.717) is 6.61 Å². The first-order valence-electron chi connectivity index (χ1n) is 7.54. The summed E-state index contributed by atoms with van der Waals surface area (Å²) in [6, 6.07) is 7.93. The Hall–Kier alpha value is -2.10. The molecule has 0 fully saturated rings. The molecule has 0 radical (unpaired) electrons. The second-order valence-electron chi connectivity index (χ2n) is 4.81. The Morgan fingerprint density at radius 3 is 2.33 bits per heavy atom. The molecule has 1 heterocycles. The second kappa shape index (κ2) is 7.07. The fourth-order valence-electron chi connectivity index (χ4n) is 2.24. The molecule has 2 rings (SSSR count). The van der Waals surface area contributed by atoms with Crippen LogP contribution in [0.3, 0.4) is 0 Å². The molecular weight excluding hydrogens is 262 g/mol. The lowest BCUT2D eigenvalue weighted by molar-refractivity contribution is 0.340. The van der Waals surface area contributed by atoms with E-state index < -0.39 is 0 Å². The number of hydrogen-bond donors (Lipinski definition) is 1. The molecule has 1 aromatic carbocycles. The highest BCUT2D eigenvalue weighted by Gasteiger charge is 2.10. The molecule has 0 saturated carbocycles. The molecular formula is C17H23N3O. The van der Waals surface area contributed by atoms with Gasteiger partial charge in [0.15, 0.2) is 5.82 Å². The minimum absolute atomic E-state index is 0.672. The third-order valence-corrected chi connectivity index (χ3v) is 3.35. The van der Waals surface area contributed by atoms with Crippen LogP contribution in [0.4, 0.5) is 5.82 Å². The maximum absolute atomic E-state index is 5.47. The molecule has 0 aliphatic carbocycles. The van der Waals surface area contributed by atoms with Gasteiger partial charge in [-0.3, -0.25) is 0 Å². The summed E-state index contributed by atoms with van der Waals surface area (Å²) < 4.78 is 5.47. The van der Waals surface area contributed by atoms with E-state index in [1.807, 2.05) is 31.2 Å². The number of benzene rings is 1. The van der Waals surface area contributed by atoms with Gasteiger partial charge in [-0.15, -0.1) is 0 Å². The van der Waals surface area contributed by atoms with Crippen molar-refractivity contribution >= 4 is 5.82 Å². The van der Waals surface area contributed by atoms with E-state index in [1.54, 1.807) is 0 Å². The first kappa shape index (κ1) is 15.3. The Balaban J connectivity index is 2.40. The zero-order chi connectivity index (χ0) is 15.2. The number of nitrogens with zero attached hydrogens (tertiary/aromatic N) is 2. The fourth-order valence-corrected chi connectivity index (χ4v) is 2.24. The van der Waals surface area contributed by atoms with Crippen molar-refractivity contribution in [2.75, 3.05) is 18.5 Å². The first-order chi connectivity index (χ1) is 10.2. The molecule has 1 N–H and O–H groups in total. The van der Waals surface area contributed by atoms with Gasteiger partial charge in [-0.05, 0) is 51.5 Å². The summed E-state index contributed by atoms with van der Waals surface area (Å²) >= 11 is 0. The number of nitrogens with one attached hydrogen (secondary N) is 1. The average Bonchev–Trinajstić information content (AvgIpc) is 2.51. The molecule has 0 spiro atoms. The van der Waals surface area contributed by atoms with E-state index in [4.69, 9.17) is 4.74 Å². The molecule has 4 nitrogen and oxygen atoms in total. The van der Waals surface area contributed by atoms with Gasteiger partial charge in [-0.2, -0.15) is 0 Å². The summed E-state index contributed by atoms with van der Waals surface area (Å²) in [5.74, 6) is 2.56. The van der Waals surface area contributed by atoms with Gasteiger partial charge in [0.05, 0.1) is 6.61 Å². The summed E-state index contributed by atoms with van der Waals surface area (Å²) in [7, 11) is 0. The van der Waals surface area contributed by atoms with Gasteiger partial charge in [-0.1, -0.05) is 6.92 Å². The topological polar surface area (TPSA) is 47.0 Å². The Morgan fingerprint density at radius 1 is 1.05 bits per heavy atom. The van der Waals surface area contributed by atoms with Crippen molar-refractivity contribution in [1.82, 2.24) is 9.97 Å². The van der Waals surface area contributed by atoms with Gasteiger partial charge in [-0.25, -0.2) is 9.97 Å². The van der Waals surface area contributed by atoms with E-state index in [0.717, 1.165) is 47.2 Å². The van der Waals surface area contributed by atoms with Gasteiger partial charge >= 0.3 is 0 Å². The largest absolute Gasteiger partial charge is 0.494 e. The van der Waals surface area contributed by atoms with Crippen LogP contribution < -0.4 is 10.1 Å². The number of ether oxygens (including phenoxy) is 1. The highest BCUT2D eigenvalue weighted by atomic mass is 16.5. The predicted molar refractivity (Wildman–Crippen MR) is 86.9 cm³/mol. The van der Waals surface area contributed by atoms with Crippen LogP contribution in [0.15, 0.2) is 24.3 Å². The van der Waals surface area contributed by atoms with Crippen molar-refractivity contribution in [1.29, 1.82) is 0 Å². The highest BCUT2D eigenvalue weighted by Crippen LogP contribution is 2.24. The normalized spacial score (nSPS) is 10.5. The van der Waals surface area contributed by atoms with Crippen LogP contribution in [-0.2, 0) is 6.42 Å². The van der Waals surface area contributed by atoms with Crippen LogP contribution >= 0.6 is 0 Å². The van der Waals surface area contributed by atoms with E-state index >= 15 is 0 Å². The molecule has 1 aromatic heterocycles. The number of anilines is 1. The summed E-state index contributed by atoms with van der Waals surface area (Å²) in [4.78, 5) is 9.34. The summed E-state index contributed by atoms with van der Waals surface area (Å²) in [6.07, 6.45) is 0.900. The van der Waals surface area contributed by atoms with E-state index in [2.05, 4.69) is 36.1 Å². The van der Waals surface area contributed by atoms with Gasteiger partial charge in [0.1, 0.15) is 11.6 Å². The SMILES string of the molecule is CCNc1nc(-c2ccc(OCC)cc2)nc(CC)c1C. The molecule has 112 valence electrons. The van der Waals surface area contributed by atoms with Crippen molar-refractivity contribution in [3.05, 3.63) is 35.5 Å². The van der Waals surface area contributed by atoms with Gasteiger partial charge in [0, 0.05) is 23.4 Å². The lowest BCUT2D eigenvalue weighted by Crippen LogP contribution is -2.07. The quantitative estimate of drug-likeness (QED) is 0.876. The zero-order valence-electron chi connectivity index (χ0n) is 13.2. The van der Waals surface area contributed by atoms with Crippen molar-refractivity contribution in [2.45, 2.75) is 34.1 Å². The number of aryl methyl sites for hydroxylation is 1. The predicted octanol–water partition coefficient (Wildman–Crippen LogP) is 3.84. The third-order valence-electron chi connectivity index (χ3n) is 3.35. The van der Waals surface area contributed by atoms with E-state index in [9.17, 15) is 0 Å². The van der Waals surface area contributed by atoms with E-state index in [-0.39, 0.29) is 0 Å². The summed E-state index contributed by atoms with van der Waals surface area (Å²) in [5.41, 5.74) is 3.23. The van der Waals surface area contributed by atoms with Crippen LogP contribution in [-0.4, -0.2) is 23.1 Å². The molecule has 0 unspecified atom stereocenters. The zero-order valence-corrected chi connectivity index (χ0v) is 13.2. The molecule has 0 aliphatic heterocycles. The monoisotopic (exact) mass is 285 g/mol. The Kier molecular flexibility index (Phi) is 5.14. The number of hydrogen-bond acceptors (Lipinski definition) is 4. The lowest BCUT2D eigenvalue weighted by Gasteiger charge is -2.12. The molecule has 0 atom stereocenters. The Labute approximate surface area is 126 Å². The van der Waals surface area contributed by atoms with Crippen LogP contribution in [0.2, 0.25) is 0 Å². The first-order valence-corrected chi connectivity index (χ1v) is 7.54. The minimum atomic E-state index is 0.672. The maximum atomic E-state index is 5.47.